The van der Waals surface area contributed by atoms with E-state index in [0.717, 1.165) is 17.7 Å². The molecule has 2 fully saturated rings. The number of amides is 1. The van der Waals surface area contributed by atoms with Gasteiger partial charge < -0.3 is 14.7 Å². The molecule has 3 rings (SSSR count). The Morgan fingerprint density at radius 2 is 2.18 bits per heavy atom. The molecule has 0 radical (unpaired) electrons. The molecule has 2 saturated heterocycles. The van der Waals surface area contributed by atoms with Crippen LogP contribution >= 0.6 is 0 Å². The normalized spacial score (nSPS) is 27.9. The van der Waals surface area contributed by atoms with Gasteiger partial charge in [0.25, 0.3) is 0 Å². The number of hydrogen-bond donors (Lipinski definition) is 1. The number of carbonyl (C=O) groups is 3. The van der Waals surface area contributed by atoms with Crippen LogP contribution in [0.2, 0.25) is 0 Å². The molecule has 154 valence electrons. The van der Waals surface area contributed by atoms with Crippen LogP contribution in [0.5, 0.6) is 0 Å². The molecule has 28 heavy (non-hydrogen) atoms. The van der Waals surface area contributed by atoms with Crippen LogP contribution in [-0.2, 0) is 42.0 Å². The zero-order chi connectivity index (χ0) is 20.7. The van der Waals surface area contributed by atoms with Gasteiger partial charge >= 0.3 is 11.9 Å². The Labute approximate surface area is 161 Å². The zero-order valence-corrected chi connectivity index (χ0v) is 16.5. The van der Waals surface area contributed by atoms with E-state index in [-0.39, 0.29) is 19.5 Å². The van der Waals surface area contributed by atoms with E-state index in [1.165, 1.54) is 28.7 Å². The van der Waals surface area contributed by atoms with Crippen molar-refractivity contribution in [1.82, 2.24) is 14.8 Å². The highest BCUT2D eigenvalue weighted by Crippen LogP contribution is 2.46. The van der Waals surface area contributed by atoms with Crippen LogP contribution in [0.15, 0.2) is 12.4 Å². The number of hydrogen-bond acceptors (Lipinski definition) is 7. The van der Waals surface area contributed by atoms with Crippen molar-refractivity contribution in [1.29, 1.82) is 0 Å². The van der Waals surface area contributed by atoms with Gasteiger partial charge in [-0.2, -0.15) is 0 Å². The lowest BCUT2D eigenvalue weighted by Crippen LogP contribution is -2.58. The minimum absolute atomic E-state index is 0.143. The predicted molar refractivity (Wildman–Crippen MR) is 92.3 cm³/mol. The molecule has 1 aromatic heterocycles. The molecular weight excluding hydrogens is 392 g/mol. The van der Waals surface area contributed by atoms with Crippen LogP contribution < -0.4 is 4.68 Å². The number of unbranched alkanes of at least 4 members (excludes halogenated alkanes) is 1. The number of carbonyl (C=O) groups excluding carboxylic acids is 2. The van der Waals surface area contributed by atoms with Crippen molar-refractivity contribution in [2.45, 2.75) is 62.4 Å². The van der Waals surface area contributed by atoms with Gasteiger partial charge in [0.2, 0.25) is 12.5 Å². The number of carboxylic acids is 1. The van der Waals surface area contributed by atoms with Crippen LogP contribution in [0, 0.1) is 0 Å². The maximum atomic E-state index is 12.9. The molecule has 0 aromatic carbocycles. The first-order valence-electron chi connectivity index (χ1n) is 8.98. The monoisotopic (exact) mass is 415 g/mol. The first-order chi connectivity index (χ1) is 13.1. The molecule has 1 amide bonds. The van der Waals surface area contributed by atoms with Crippen molar-refractivity contribution >= 4 is 27.7 Å². The van der Waals surface area contributed by atoms with Crippen molar-refractivity contribution < 1.29 is 37.3 Å². The SMILES string of the molecule is CCCCOC(=O)C[n+]1ccn(C[C@@]2(C)[C@H](C(=O)O)N3C(=O)CC3S2(=O)=O)n1. The molecule has 3 atom stereocenters. The van der Waals surface area contributed by atoms with Gasteiger partial charge in [-0.05, 0) is 13.3 Å². The minimum atomic E-state index is -3.92. The van der Waals surface area contributed by atoms with Gasteiger partial charge in [-0.25, -0.2) is 18.0 Å². The number of ether oxygens (including phenoxy) is 1. The van der Waals surface area contributed by atoms with E-state index in [0.29, 0.717) is 6.61 Å². The number of carboxylic acid groups (broad SMARTS) is 1. The van der Waals surface area contributed by atoms with Crippen LogP contribution in [0.1, 0.15) is 33.1 Å². The number of nitrogens with zero attached hydrogens (tertiary/aromatic N) is 4. The summed E-state index contributed by atoms with van der Waals surface area (Å²) in [6.45, 7) is 3.21. The van der Waals surface area contributed by atoms with E-state index in [9.17, 15) is 27.9 Å². The Balaban J connectivity index is 1.77. The van der Waals surface area contributed by atoms with E-state index in [1.807, 2.05) is 6.92 Å². The van der Waals surface area contributed by atoms with Crippen LogP contribution in [-0.4, -0.2) is 68.9 Å². The second-order valence-corrected chi connectivity index (χ2v) is 9.78. The Morgan fingerprint density at radius 1 is 1.46 bits per heavy atom. The summed E-state index contributed by atoms with van der Waals surface area (Å²) >= 11 is 0. The smallest absolute Gasteiger partial charge is 0.350 e. The Hall–Kier alpha value is -2.50. The summed E-state index contributed by atoms with van der Waals surface area (Å²) in [6.07, 6.45) is 4.38. The highest BCUT2D eigenvalue weighted by molar-refractivity contribution is 7.93. The Morgan fingerprint density at radius 3 is 2.79 bits per heavy atom. The lowest BCUT2D eigenvalue weighted by Gasteiger charge is -2.35. The molecule has 12 heteroatoms. The third-order valence-corrected chi connectivity index (χ3v) is 7.98. The summed E-state index contributed by atoms with van der Waals surface area (Å²) in [4.78, 5) is 36.3. The van der Waals surface area contributed by atoms with Gasteiger partial charge in [-0.3, -0.25) is 4.79 Å². The summed E-state index contributed by atoms with van der Waals surface area (Å²) in [5.41, 5.74) is 0. The quantitative estimate of drug-likeness (QED) is 0.239. The van der Waals surface area contributed by atoms with E-state index < -0.39 is 43.8 Å². The zero-order valence-electron chi connectivity index (χ0n) is 15.6. The molecule has 0 spiro atoms. The molecule has 1 N–H and O–H groups in total. The molecule has 11 nitrogen and oxygen atoms in total. The first kappa shape index (κ1) is 20.2. The predicted octanol–water partition coefficient (Wildman–Crippen LogP) is -1.29. The lowest BCUT2D eigenvalue weighted by atomic mass is 9.96. The number of fused-ring (bicyclic) bond motifs is 1. The fourth-order valence-electron chi connectivity index (χ4n) is 3.65. The highest BCUT2D eigenvalue weighted by atomic mass is 32.2. The van der Waals surface area contributed by atoms with E-state index in [2.05, 4.69) is 5.21 Å². The molecular formula is C16H23N4O7S+. The number of rotatable bonds is 8. The number of sulfone groups is 1. The topological polar surface area (TPSA) is 140 Å². The van der Waals surface area contributed by atoms with E-state index in [4.69, 9.17) is 4.74 Å². The molecule has 1 aromatic rings. The van der Waals surface area contributed by atoms with Crippen LogP contribution in [0.3, 0.4) is 0 Å². The third kappa shape index (κ3) is 3.15. The third-order valence-electron chi connectivity index (χ3n) is 5.21. The molecule has 1 unspecified atom stereocenters. The summed E-state index contributed by atoms with van der Waals surface area (Å²) < 4.78 is 31.7. The number of aromatic nitrogens is 3. The average molecular weight is 415 g/mol. The van der Waals surface area contributed by atoms with Crippen molar-refractivity contribution in [3.8, 4) is 0 Å². The van der Waals surface area contributed by atoms with Gasteiger partial charge in [0.1, 0.15) is 16.7 Å². The van der Waals surface area contributed by atoms with Crippen molar-refractivity contribution in [3.05, 3.63) is 12.4 Å². The summed E-state index contributed by atoms with van der Waals surface area (Å²) in [5.74, 6) is -2.34. The van der Waals surface area contributed by atoms with Crippen molar-refractivity contribution in [2.75, 3.05) is 6.61 Å². The van der Waals surface area contributed by atoms with Crippen LogP contribution in [0.25, 0.3) is 0 Å². The summed E-state index contributed by atoms with van der Waals surface area (Å²) in [5, 5.41) is 12.6. The van der Waals surface area contributed by atoms with E-state index >= 15 is 0 Å². The fourth-order valence-corrected chi connectivity index (χ4v) is 6.01. The average Bonchev–Trinajstić information content (AvgIpc) is 3.07. The second-order valence-electron chi connectivity index (χ2n) is 7.21. The van der Waals surface area contributed by atoms with Crippen molar-refractivity contribution in [2.24, 2.45) is 0 Å². The van der Waals surface area contributed by atoms with Crippen molar-refractivity contribution in [3.63, 3.8) is 0 Å². The Kier molecular flexibility index (Phi) is 5.17. The molecule has 0 aliphatic carbocycles. The minimum Gasteiger partial charge on any atom is -0.480 e. The molecule has 3 heterocycles. The number of esters is 1. The largest absolute Gasteiger partial charge is 0.480 e. The maximum Gasteiger partial charge on any atom is 0.350 e. The highest BCUT2D eigenvalue weighted by Gasteiger charge is 2.71. The molecule has 0 bridgehead atoms. The molecule has 0 saturated carbocycles. The molecule has 2 aliphatic heterocycles. The first-order valence-corrected chi connectivity index (χ1v) is 10.5. The summed E-state index contributed by atoms with van der Waals surface area (Å²) in [6, 6.07) is -1.49. The van der Waals surface area contributed by atoms with Gasteiger partial charge in [-0.1, -0.05) is 13.3 Å². The van der Waals surface area contributed by atoms with Crippen LogP contribution in [0.4, 0.5) is 0 Å². The van der Waals surface area contributed by atoms with Gasteiger partial charge in [-0.15, -0.1) is 9.36 Å². The molecule has 2 aliphatic rings. The fraction of sp³-hybridized carbons (Fsp3) is 0.688. The van der Waals surface area contributed by atoms with Gasteiger partial charge in [0, 0.05) is 0 Å². The summed E-state index contributed by atoms with van der Waals surface area (Å²) in [7, 11) is -3.92. The second kappa shape index (κ2) is 7.15. The van der Waals surface area contributed by atoms with E-state index in [1.54, 1.807) is 0 Å². The lowest BCUT2D eigenvalue weighted by molar-refractivity contribution is -0.745. The van der Waals surface area contributed by atoms with Gasteiger partial charge in [0.15, 0.2) is 28.3 Å². The Bertz CT molecular complexity index is 912. The number of β-lactam (4-membered cyclic amide) rings is 1. The maximum absolute atomic E-state index is 12.9. The van der Waals surface area contributed by atoms with Gasteiger partial charge in [0.05, 0.1) is 18.2 Å². The number of aliphatic carboxylic acids is 1. The standard InChI is InChI=1S/C16H22N4O7S/c1-3-4-7-27-13(22)9-18-5-6-19(17-18)10-16(2)14(15(23)24)20-11(21)8-12(20)28(16,25)26/h5-6,12,14H,3-4,7-10H2,1-2H3/p+1/t12?,14-,16-/m0/s1.